The molecular formula is C36H33BrFN5O4S2. The van der Waals surface area contributed by atoms with Crippen LogP contribution >= 0.6 is 27.3 Å². The van der Waals surface area contributed by atoms with E-state index in [1.807, 2.05) is 48.7 Å². The fourth-order valence-electron chi connectivity index (χ4n) is 5.26. The zero-order chi connectivity index (χ0) is 34.4. The third-order valence-electron chi connectivity index (χ3n) is 7.80. The first kappa shape index (κ1) is 34.4. The van der Waals surface area contributed by atoms with E-state index in [4.69, 9.17) is 14.5 Å². The number of benzene rings is 4. The summed E-state index contributed by atoms with van der Waals surface area (Å²) in [6.45, 7) is 2.57. The van der Waals surface area contributed by atoms with E-state index in [0.717, 1.165) is 43.8 Å². The van der Waals surface area contributed by atoms with Gasteiger partial charge in [-0.25, -0.2) is 27.8 Å². The van der Waals surface area contributed by atoms with Gasteiger partial charge < -0.3 is 20.1 Å². The van der Waals surface area contributed by atoms with Crippen molar-refractivity contribution in [1.29, 1.82) is 0 Å². The molecule has 0 amide bonds. The molecule has 2 heterocycles. The van der Waals surface area contributed by atoms with Gasteiger partial charge in [0.05, 0.1) is 39.5 Å². The minimum Gasteiger partial charge on any atom is -0.496 e. The number of aromatic nitrogens is 3. The number of thiazole rings is 1. The molecule has 0 saturated heterocycles. The van der Waals surface area contributed by atoms with Crippen LogP contribution in [0.5, 0.6) is 11.5 Å². The second kappa shape index (κ2) is 15.4. The summed E-state index contributed by atoms with van der Waals surface area (Å²) >= 11 is 5.09. The van der Waals surface area contributed by atoms with Crippen LogP contribution in [-0.4, -0.2) is 42.8 Å². The van der Waals surface area contributed by atoms with Gasteiger partial charge in [-0.05, 0) is 76.4 Å². The van der Waals surface area contributed by atoms with Gasteiger partial charge in [0.1, 0.15) is 41.1 Å². The molecule has 6 aromatic rings. The zero-order valence-corrected chi connectivity index (χ0v) is 29.9. The van der Waals surface area contributed by atoms with Gasteiger partial charge >= 0.3 is 0 Å². The van der Waals surface area contributed by atoms with Crippen LogP contribution in [0.3, 0.4) is 0 Å². The predicted molar refractivity (Wildman–Crippen MR) is 195 cm³/mol. The van der Waals surface area contributed by atoms with Crippen LogP contribution in [-0.2, 0) is 16.4 Å². The largest absolute Gasteiger partial charge is 0.496 e. The van der Waals surface area contributed by atoms with Crippen LogP contribution in [0, 0.1) is 5.82 Å². The highest BCUT2D eigenvalue weighted by atomic mass is 79.9. The lowest BCUT2D eigenvalue weighted by Crippen LogP contribution is -2.27. The standard InChI is InChI=1S/C36H33BrFN5O4S2/c1-3-30(39-14-15-49(44,45)26-10-5-4-6-11-26)36-43-32(21-48-36)27-18-28-31(19-34(27)46-2)40-22-41-35(28)42-25-12-13-33(29(37)17-25)47-20-23-8-7-9-24(38)16-23/h4-13,16-19,21-22,30,39H,3,14-15,20H2,1-2H3,(H,40,41,42). The number of anilines is 2. The molecule has 0 aliphatic carbocycles. The van der Waals surface area contributed by atoms with E-state index in [9.17, 15) is 12.8 Å². The Balaban J connectivity index is 1.19. The molecule has 2 aromatic heterocycles. The Morgan fingerprint density at radius 3 is 2.57 bits per heavy atom. The van der Waals surface area contributed by atoms with E-state index in [2.05, 4.69) is 36.5 Å². The summed E-state index contributed by atoms with van der Waals surface area (Å²) in [5.41, 5.74) is 3.70. The number of halogens is 2. The highest BCUT2D eigenvalue weighted by Crippen LogP contribution is 2.38. The van der Waals surface area contributed by atoms with Gasteiger partial charge in [-0.1, -0.05) is 37.3 Å². The summed E-state index contributed by atoms with van der Waals surface area (Å²) in [5.74, 6) is 1.51. The second-order valence-electron chi connectivity index (χ2n) is 11.1. The SMILES string of the molecule is CCC(NCCS(=O)(=O)c1ccccc1)c1nc(-c2cc3c(Nc4ccc(OCc5cccc(F)c5)c(Br)c4)ncnc3cc2OC)cs1. The Hall–Kier alpha value is -4.43. The number of ether oxygens (including phenoxy) is 2. The van der Waals surface area contributed by atoms with Gasteiger partial charge in [0.15, 0.2) is 9.84 Å². The molecule has 0 radical (unpaired) electrons. The highest BCUT2D eigenvalue weighted by molar-refractivity contribution is 9.10. The molecule has 9 nitrogen and oxygen atoms in total. The maximum atomic E-state index is 13.6. The molecular weight excluding hydrogens is 729 g/mol. The molecule has 2 N–H and O–H groups in total. The lowest BCUT2D eigenvalue weighted by molar-refractivity contribution is 0.303. The first-order chi connectivity index (χ1) is 23.7. The van der Waals surface area contributed by atoms with Gasteiger partial charge in [0.2, 0.25) is 0 Å². The number of fused-ring (bicyclic) bond motifs is 1. The number of nitrogens with zero attached hydrogens (tertiary/aromatic N) is 3. The van der Waals surface area contributed by atoms with Crippen molar-refractivity contribution in [2.45, 2.75) is 30.9 Å². The lowest BCUT2D eigenvalue weighted by atomic mass is 10.1. The Labute approximate surface area is 296 Å². The van der Waals surface area contributed by atoms with Gasteiger partial charge in [-0.15, -0.1) is 11.3 Å². The molecule has 0 bridgehead atoms. The molecule has 1 atom stereocenters. The summed E-state index contributed by atoms with van der Waals surface area (Å²) in [6, 6.07) is 24.1. The molecule has 252 valence electrons. The van der Waals surface area contributed by atoms with Crippen LogP contribution in [0.2, 0.25) is 0 Å². The Kier molecular flexibility index (Phi) is 10.8. The lowest BCUT2D eigenvalue weighted by Gasteiger charge is -2.15. The number of rotatable bonds is 14. The number of nitrogens with one attached hydrogen (secondary N) is 2. The molecule has 0 aliphatic heterocycles. The van der Waals surface area contributed by atoms with E-state index >= 15 is 0 Å². The van der Waals surface area contributed by atoms with E-state index < -0.39 is 9.84 Å². The van der Waals surface area contributed by atoms with Crippen molar-refractivity contribution >= 4 is 59.5 Å². The summed E-state index contributed by atoms with van der Waals surface area (Å²) in [5, 5.41) is 10.4. The van der Waals surface area contributed by atoms with Crippen molar-refractivity contribution in [2.75, 3.05) is 24.7 Å². The summed E-state index contributed by atoms with van der Waals surface area (Å²) in [6.07, 6.45) is 2.23. The first-order valence-corrected chi connectivity index (χ1v) is 18.8. The Morgan fingerprint density at radius 1 is 0.980 bits per heavy atom. The van der Waals surface area contributed by atoms with Crippen molar-refractivity contribution < 1.29 is 22.3 Å². The van der Waals surface area contributed by atoms with Crippen molar-refractivity contribution in [3.63, 3.8) is 0 Å². The van der Waals surface area contributed by atoms with E-state index in [1.165, 1.54) is 29.8 Å². The molecule has 0 saturated carbocycles. The van der Waals surface area contributed by atoms with Crippen molar-refractivity contribution in [2.24, 2.45) is 0 Å². The number of hydrogen-bond donors (Lipinski definition) is 2. The van der Waals surface area contributed by atoms with E-state index in [1.54, 1.807) is 43.5 Å². The summed E-state index contributed by atoms with van der Waals surface area (Å²) in [4.78, 5) is 14.3. The fourth-order valence-corrected chi connectivity index (χ4v) is 7.93. The van der Waals surface area contributed by atoms with Crippen LogP contribution in [0.25, 0.3) is 22.2 Å². The van der Waals surface area contributed by atoms with Crippen LogP contribution < -0.4 is 20.1 Å². The monoisotopic (exact) mass is 761 g/mol. The number of methoxy groups -OCH3 is 1. The third-order valence-corrected chi connectivity index (χ3v) is 11.1. The van der Waals surface area contributed by atoms with Crippen molar-refractivity contribution in [1.82, 2.24) is 20.3 Å². The highest BCUT2D eigenvalue weighted by Gasteiger charge is 2.20. The topological polar surface area (TPSA) is 115 Å². The second-order valence-corrected chi connectivity index (χ2v) is 15.0. The number of sulfone groups is 1. The van der Waals surface area contributed by atoms with Crippen LogP contribution in [0.15, 0.2) is 106 Å². The molecule has 6 rings (SSSR count). The predicted octanol–water partition coefficient (Wildman–Crippen LogP) is 8.50. The van der Waals surface area contributed by atoms with Gasteiger partial charge in [0, 0.05) is 34.6 Å². The van der Waals surface area contributed by atoms with Crippen molar-refractivity contribution in [3.8, 4) is 22.8 Å². The molecule has 0 spiro atoms. The van der Waals surface area contributed by atoms with Gasteiger partial charge in [-0.3, -0.25) is 0 Å². The molecule has 1 unspecified atom stereocenters. The van der Waals surface area contributed by atoms with Crippen LogP contribution in [0.4, 0.5) is 15.9 Å². The summed E-state index contributed by atoms with van der Waals surface area (Å²) < 4.78 is 51.5. The maximum Gasteiger partial charge on any atom is 0.179 e. The van der Waals surface area contributed by atoms with Crippen LogP contribution in [0.1, 0.15) is 30.0 Å². The zero-order valence-electron chi connectivity index (χ0n) is 26.7. The third kappa shape index (κ3) is 8.24. The normalized spacial score (nSPS) is 12.2. The van der Waals surface area contributed by atoms with Crippen molar-refractivity contribution in [3.05, 3.63) is 117 Å². The van der Waals surface area contributed by atoms with E-state index in [0.29, 0.717) is 34.3 Å². The Morgan fingerprint density at radius 2 is 1.82 bits per heavy atom. The molecule has 49 heavy (non-hydrogen) atoms. The average molecular weight is 763 g/mol. The van der Waals surface area contributed by atoms with Gasteiger partial charge in [0.25, 0.3) is 0 Å². The molecule has 4 aromatic carbocycles. The van der Waals surface area contributed by atoms with Gasteiger partial charge in [-0.2, -0.15) is 0 Å². The minimum atomic E-state index is -3.39. The minimum absolute atomic E-state index is 0.0126. The van der Waals surface area contributed by atoms with E-state index in [-0.39, 0.29) is 24.2 Å². The molecule has 0 fully saturated rings. The quantitative estimate of drug-likeness (QED) is 0.113. The average Bonchev–Trinajstić information content (AvgIpc) is 3.60. The molecule has 0 aliphatic rings. The molecule has 13 heteroatoms. The fraction of sp³-hybridized carbons (Fsp3) is 0.194. The maximum absolute atomic E-state index is 13.6. The smallest absolute Gasteiger partial charge is 0.179 e. The summed E-state index contributed by atoms with van der Waals surface area (Å²) in [7, 11) is -1.79. The Bertz CT molecular complexity index is 2180. The number of hydrogen-bond acceptors (Lipinski definition) is 10. The first-order valence-electron chi connectivity index (χ1n) is 15.5.